The number of nitrogens with zero attached hydrogens (tertiary/aromatic N) is 5. The van der Waals surface area contributed by atoms with E-state index >= 15 is 0 Å². The second-order valence-corrected chi connectivity index (χ2v) is 14.9. The summed E-state index contributed by atoms with van der Waals surface area (Å²) in [6, 6.07) is 10.8. The average molecular weight is 690 g/mol. The molecule has 0 fully saturated rings. The molecule has 8 bridgehead atoms. The summed E-state index contributed by atoms with van der Waals surface area (Å²) in [4.78, 5) is 14.6. The van der Waals surface area contributed by atoms with E-state index in [1.165, 1.54) is 41.7 Å². The van der Waals surface area contributed by atoms with E-state index in [0.29, 0.717) is 29.6 Å². The van der Waals surface area contributed by atoms with Crippen LogP contribution in [0.3, 0.4) is 0 Å². The van der Waals surface area contributed by atoms with E-state index in [1.807, 2.05) is 54.3 Å². The highest BCUT2D eigenvalue weighted by Crippen LogP contribution is 2.43. The molecule has 4 heterocycles. The largest absolute Gasteiger partial charge is 0.493 e. The first kappa shape index (κ1) is 32.2. The standard InChI is InChI=1S/C36H40ClN5O3S2/c1-21-32-30-12-11-28(37)34(32)33-22(2)40(3)39-29(33)20-46-18-24-16-25(41(4)38-24)19-47-26-15-23-9-6-7-10-27(23)31(17-26)45-14-8-13-42(30)35(21)36(43)44-5/h11-12,15-17H,6-10,13-14,18-20H2,1-5H3. The number of ether oxygens (including phenoxy) is 2. The van der Waals surface area contributed by atoms with Crippen LogP contribution >= 0.6 is 35.1 Å². The molecule has 3 aromatic heterocycles. The first-order chi connectivity index (χ1) is 22.7. The van der Waals surface area contributed by atoms with E-state index in [0.717, 1.165) is 81.2 Å². The van der Waals surface area contributed by atoms with Crippen molar-refractivity contribution in [1.82, 2.24) is 24.1 Å². The number of esters is 1. The molecule has 2 aliphatic rings. The number of carbonyl (C=O) groups excluding carboxylic acids is 1. The molecule has 0 amide bonds. The molecule has 0 unspecified atom stereocenters. The Bertz CT molecular complexity index is 2010. The highest BCUT2D eigenvalue weighted by Gasteiger charge is 2.28. The van der Waals surface area contributed by atoms with E-state index in [-0.39, 0.29) is 5.97 Å². The predicted molar refractivity (Wildman–Crippen MR) is 191 cm³/mol. The smallest absolute Gasteiger partial charge is 0.354 e. The first-order valence-electron chi connectivity index (χ1n) is 16.2. The van der Waals surface area contributed by atoms with Crippen LogP contribution in [0.4, 0.5) is 0 Å². The molecule has 0 N–H and O–H groups in total. The van der Waals surface area contributed by atoms with Gasteiger partial charge in [0.1, 0.15) is 11.4 Å². The van der Waals surface area contributed by atoms with Crippen LogP contribution in [-0.4, -0.2) is 43.8 Å². The highest BCUT2D eigenvalue weighted by molar-refractivity contribution is 7.98. The molecule has 5 aromatic rings. The zero-order chi connectivity index (χ0) is 32.8. The fraction of sp³-hybridized carbons (Fsp3) is 0.417. The third-order valence-corrected chi connectivity index (χ3v) is 11.8. The molecular formula is C36H40ClN5O3S2. The van der Waals surface area contributed by atoms with E-state index < -0.39 is 0 Å². The molecule has 1 aliphatic heterocycles. The fourth-order valence-electron chi connectivity index (χ4n) is 7.15. The molecule has 1 aliphatic carbocycles. The van der Waals surface area contributed by atoms with E-state index in [9.17, 15) is 4.79 Å². The van der Waals surface area contributed by atoms with Crippen molar-refractivity contribution in [2.24, 2.45) is 14.1 Å². The van der Waals surface area contributed by atoms with Gasteiger partial charge in [0.05, 0.1) is 25.1 Å². The lowest BCUT2D eigenvalue weighted by Gasteiger charge is -2.21. The second-order valence-electron chi connectivity index (χ2n) is 12.5. The second kappa shape index (κ2) is 13.3. The molecular weight excluding hydrogens is 650 g/mol. The lowest BCUT2D eigenvalue weighted by atomic mass is 9.91. The summed E-state index contributed by atoms with van der Waals surface area (Å²) < 4.78 is 17.9. The molecule has 0 saturated heterocycles. The van der Waals surface area contributed by atoms with Gasteiger partial charge >= 0.3 is 5.97 Å². The third-order valence-electron chi connectivity index (χ3n) is 9.54. The van der Waals surface area contributed by atoms with Gasteiger partial charge in [0, 0.05) is 81.2 Å². The number of halogens is 1. The Kier molecular flexibility index (Phi) is 9.11. The monoisotopic (exact) mass is 689 g/mol. The Morgan fingerprint density at radius 3 is 2.64 bits per heavy atom. The summed E-state index contributed by atoms with van der Waals surface area (Å²) in [5, 5.41) is 11.4. The zero-order valence-corrected chi connectivity index (χ0v) is 30.0. The molecule has 0 saturated carbocycles. The minimum Gasteiger partial charge on any atom is -0.493 e. The van der Waals surface area contributed by atoms with Gasteiger partial charge in [-0.2, -0.15) is 10.2 Å². The minimum atomic E-state index is -0.358. The van der Waals surface area contributed by atoms with Crippen LogP contribution in [0.5, 0.6) is 5.75 Å². The molecule has 0 spiro atoms. The van der Waals surface area contributed by atoms with Crippen LogP contribution < -0.4 is 4.74 Å². The first-order valence-corrected chi connectivity index (χ1v) is 18.7. The summed E-state index contributed by atoms with van der Waals surface area (Å²) >= 11 is 10.7. The minimum absolute atomic E-state index is 0.358. The Balaban J connectivity index is 1.35. The van der Waals surface area contributed by atoms with Gasteiger partial charge in [-0.05, 0) is 93.0 Å². The van der Waals surface area contributed by atoms with Gasteiger partial charge in [0.25, 0.3) is 0 Å². The maximum absolute atomic E-state index is 13.3. The number of hydrogen-bond acceptors (Lipinski definition) is 7. The number of fused-ring (bicyclic) bond motifs is 8. The molecule has 0 atom stereocenters. The number of rotatable bonds is 1. The summed E-state index contributed by atoms with van der Waals surface area (Å²) in [6.45, 7) is 5.21. The van der Waals surface area contributed by atoms with Gasteiger partial charge in [0.2, 0.25) is 0 Å². The van der Waals surface area contributed by atoms with Crippen molar-refractivity contribution in [2.45, 2.75) is 74.7 Å². The summed E-state index contributed by atoms with van der Waals surface area (Å²) in [6.07, 6.45) is 5.26. The van der Waals surface area contributed by atoms with Gasteiger partial charge in [0.15, 0.2) is 0 Å². The lowest BCUT2D eigenvalue weighted by Crippen LogP contribution is -2.14. The van der Waals surface area contributed by atoms with Crippen molar-refractivity contribution in [3.63, 3.8) is 0 Å². The van der Waals surface area contributed by atoms with Gasteiger partial charge in [-0.25, -0.2) is 4.79 Å². The van der Waals surface area contributed by atoms with Crippen molar-refractivity contribution in [2.75, 3.05) is 13.7 Å². The van der Waals surface area contributed by atoms with Crippen molar-refractivity contribution in [3.8, 4) is 16.9 Å². The number of aryl methyl sites for hydroxylation is 5. The zero-order valence-electron chi connectivity index (χ0n) is 27.6. The highest BCUT2D eigenvalue weighted by atomic mass is 35.5. The van der Waals surface area contributed by atoms with Crippen LogP contribution in [0.15, 0.2) is 35.2 Å². The van der Waals surface area contributed by atoms with Gasteiger partial charge in [-0.15, -0.1) is 23.5 Å². The molecule has 7 rings (SSSR count). The molecule has 0 radical (unpaired) electrons. The number of methoxy groups -OCH3 is 1. The fourth-order valence-corrected chi connectivity index (χ4v) is 9.25. The topological polar surface area (TPSA) is 76.1 Å². The quantitative estimate of drug-likeness (QED) is 0.164. The Hall–Kier alpha value is -3.34. The SMILES string of the molecule is COC(=O)c1c(C)c2c3c(Cl)ccc2n1CCCOc1cc(cc2c1CCCC2)SCc1cc(nn1C)CSCc1nn(C)c(C)c1-3. The maximum atomic E-state index is 13.3. The van der Waals surface area contributed by atoms with E-state index in [2.05, 4.69) is 29.7 Å². The molecule has 11 heteroatoms. The molecule has 246 valence electrons. The summed E-state index contributed by atoms with van der Waals surface area (Å²) in [7, 11) is 5.44. The van der Waals surface area contributed by atoms with Gasteiger partial charge in [-0.1, -0.05) is 11.6 Å². The van der Waals surface area contributed by atoms with Crippen LogP contribution in [-0.2, 0) is 55.5 Å². The number of aromatic nitrogens is 5. The van der Waals surface area contributed by atoms with Crippen molar-refractivity contribution >= 4 is 52.0 Å². The lowest BCUT2D eigenvalue weighted by molar-refractivity contribution is 0.0587. The van der Waals surface area contributed by atoms with Crippen LogP contribution in [0.1, 0.15) is 69.2 Å². The Morgan fingerprint density at radius 1 is 0.979 bits per heavy atom. The Labute approximate surface area is 289 Å². The van der Waals surface area contributed by atoms with Gasteiger partial charge < -0.3 is 14.0 Å². The van der Waals surface area contributed by atoms with Crippen LogP contribution in [0, 0.1) is 13.8 Å². The number of carbonyl (C=O) groups is 1. The molecule has 8 nitrogen and oxygen atoms in total. The Morgan fingerprint density at radius 2 is 1.81 bits per heavy atom. The predicted octanol–water partition coefficient (Wildman–Crippen LogP) is 8.22. The van der Waals surface area contributed by atoms with Crippen molar-refractivity contribution in [3.05, 3.63) is 80.5 Å². The van der Waals surface area contributed by atoms with E-state index in [4.69, 9.17) is 31.3 Å². The number of hydrogen-bond donors (Lipinski definition) is 0. The average Bonchev–Trinajstić information content (AvgIpc) is 3.66. The van der Waals surface area contributed by atoms with Crippen molar-refractivity contribution < 1.29 is 14.3 Å². The van der Waals surface area contributed by atoms with E-state index in [1.54, 1.807) is 11.8 Å². The summed E-state index contributed by atoms with van der Waals surface area (Å²) in [5.74, 6) is 2.94. The van der Waals surface area contributed by atoms with Crippen LogP contribution in [0.2, 0.25) is 5.02 Å². The molecule has 47 heavy (non-hydrogen) atoms. The van der Waals surface area contributed by atoms with Crippen molar-refractivity contribution in [1.29, 1.82) is 0 Å². The number of thioether (sulfide) groups is 2. The number of benzene rings is 2. The van der Waals surface area contributed by atoms with Crippen LogP contribution in [0.25, 0.3) is 22.0 Å². The molecule has 2 aromatic carbocycles. The normalized spacial score (nSPS) is 15.5. The van der Waals surface area contributed by atoms with Gasteiger partial charge in [-0.3, -0.25) is 9.36 Å². The summed E-state index contributed by atoms with van der Waals surface area (Å²) in [5.41, 5.74) is 11.3. The maximum Gasteiger partial charge on any atom is 0.354 e. The third kappa shape index (κ3) is 5.97.